The lowest BCUT2D eigenvalue weighted by Crippen LogP contribution is -2.44. The quantitative estimate of drug-likeness (QED) is 0.394. The Morgan fingerprint density at radius 2 is 1.95 bits per heavy atom. The largest absolute Gasteiger partial charge is 0.491 e. The Labute approximate surface area is 266 Å². The van der Waals surface area contributed by atoms with Gasteiger partial charge in [0.1, 0.15) is 15.7 Å². The maximum atomic E-state index is 13.9. The summed E-state index contributed by atoms with van der Waals surface area (Å²) >= 11 is 6.43. The van der Waals surface area contributed by atoms with E-state index in [0.29, 0.717) is 49.3 Å². The molecule has 0 aromatic heterocycles. The van der Waals surface area contributed by atoms with E-state index in [1.807, 2.05) is 18.2 Å². The van der Waals surface area contributed by atoms with Gasteiger partial charge in [-0.1, -0.05) is 30.5 Å². The molecular weight excluding hydrogens is 600 g/mol. The van der Waals surface area contributed by atoms with Gasteiger partial charge in [-0.15, -0.1) is 4.36 Å². The Morgan fingerprint density at radius 1 is 1.09 bits per heavy atom. The minimum Gasteiger partial charge on any atom is -0.491 e. The minimum atomic E-state index is -3.35. The molecule has 2 N–H and O–H groups in total. The Hall–Kier alpha value is -2.82. The highest BCUT2D eigenvalue weighted by Gasteiger charge is 2.38. The van der Waals surface area contributed by atoms with Gasteiger partial charge in [0.15, 0.2) is 0 Å². The molecule has 2 aromatic rings. The number of nitrogens with zero attached hydrogens (tertiary/aromatic N) is 2. The van der Waals surface area contributed by atoms with Crippen molar-refractivity contribution < 1.29 is 23.3 Å². The first-order chi connectivity index (χ1) is 21.3. The maximum absolute atomic E-state index is 13.9. The second-order valence-corrected chi connectivity index (χ2v) is 14.6. The molecule has 2 heterocycles. The second-order valence-electron chi connectivity index (χ2n) is 12.1. The van der Waals surface area contributed by atoms with Crippen LogP contribution in [0.4, 0.5) is 10.5 Å². The van der Waals surface area contributed by atoms with Crippen LogP contribution in [0.2, 0.25) is 5.02 Å². The SMILES string of the molecule is CCNC(=O)N[S@@]1(=O)=NC(=O)c2ccc3c(c2)N(Cc2ccc(Cl)cc2CCCCO3)C[C@@H]2CC[C@H]2[C@@H](OC)CCCCC1. The fourth-order valence-corrected chi connectivity index (χ4v) is 8.39. The number of benzene rings is 2. The van der Waals surface area contributed by atoms with Crippen molar-refractivity contribution in [3.05, 3.63) is 58.1 Å². The number of nitrogens with one attached hydrogen (secondary N) is 2. The summed E-state index contributed by atoms with van der Waals surface area (Å²) in [4.78, 5) is 28.4. The molecule has 4 atom stereocenters. The van der Waals surface area contributed by atoms with E-state index in [1.54, 1.807) is 20.1 Å². The molecule has 1 aliphatic carbocycles. The third-order valence-corrected chi connectivity index (χ3v) is 11.2. The van der Waals surface area contributed by atoms with Gasteiger partial charge in [-0.3, -0.25) is 9.52 Å². The Balaban J connectivity index is 1.59. The molecule has 3 aliphatic rings. The third kappa shape index (κ3) is 8.06. The zero-order valence-corrected chi connectivity index (χ0v) is 27.4. The molecule has 11 heteroatoms. The van der Waals surface area contributed by atoms with Gasteiger partial charge in [-0.25, -0.2) is 9.00 Å². The van der Waals surface area contributed by atoms with Crippen molar-refractivity contribution >= 4 is 39.1 Å². The number of fused-ring (bicyclic) bond motifs is 3. The summed E-state index contributed by atoms with van der Waals surface area (Å²) in [6.45, 7) is 4.11. The number of hydrogen-bond donors (Lipinski definition) is 2. The molecule has 1 saturated carbocycles. The van der Waals surface area contributed by atoms with Gasteiger partial charge in [0.2, 0.25) is 0 Å². The Bertz CT molecular complexity index is 1460. The molecule has 0 saturated heterocycles. The number of aryl methyl sites for hydroxylation is 1. The number of urea groups is 1. The van der Waals surface area contributed by atoms with Gasteiger partial charge in [0.05, 0.1) is 24.2 Å². The molecule has 5 rings (SSSR count). The molecule has 2 bridgehead atoms. The molecule has 240 valence electrons. The average Bonchev–Trinajstić information content (AvgIpc) is 3.00. The summed E-state index contributed by atoms with van der Waals surface area (Å²) in [7, 11) is -1.55. The van der Waals surface area contributed by atoms with Crippen LogP contribution in [0.25, 0.3) is 0 Å². The summed E-state index contributed by atoms with van der Waals surface area (Å²) in [6.07, 6.45) is 8.34. The van der Waals surface area contributed by atoms with Gasteiger partial charge >= 0.3 is 6.03 Å². The summed E-state index contributed by atoms with van der Waals surface area (Å²) in [5.41, 5.74) is 3.54. The smallest absolute Gasteiger partial charge is 0.327 e. The van der Waals surface area contributed by atoms with Gasteiger partial charge in [0.25, 0.3) is 5.91 Å². The molecular formula is C33H45ClN4O5S. The number of carbonyl (C=O) groups excluding carboxylic acids is 2. The van der Waals surface area contributed by atoms with Gasteiger partial charge in [0, 0.05) is 37.3 Å². The van der Waals surface area contributed by atoms with Crippen molar-refractivity contribution in [1.82, 2.24) is 10.0 Å². The van der Waals surface area contributed by atoms with Crippen molar-refractivity contribution in [2.45, 2.75) is 77.4 Å². The van der Waals surface area contributed by atoms with Crippen molar-refractivity contribution in [2.75, 3.05) is 37.5 Å². The molecule has 3 amide bonds. The van der Waals surface area contributed by atoms with Crippen LogP contribution in [0, 0.1) is 11.8 Å². The summed E-state index contributed by atoms with van der Waals surface area (Å²) in [5.74, 6) is 1.05. The van der Waals surface area contributed by atoms with Crippen LogP contribution in [-0.4, -0.2) is 54.8 Å². The van der Waals surface area contributed by atoms with Crippen molar-refractivity contribution in [3.63, 3.8) is 0 Å². The number of rotatable bonds is 3. The lowest BCUT2D eigenvalue weighted by molar-refractivity contribution is -0.0218. The maximum Gasteiger partial charge on any atom is 0.327 e. The lowest BCUT2D eigenvalue weighted by Gasteiger charge is -2.44. The summed E-state index contributed by atoms with van der Waals surface area (Å²) < 4.78 is 32.9. The van der Waals surface area contributed by atoms with Gasteiger partial charge in [-0.05, 0) is 105 Å². The molecule has 1 fully saturated rings. The number of carbonyl (C=O) groups is 2. The predicted molar refractivity (Wildman–Crippen MR) is 175 cm³/mol. The zero-order valence-electron chi connectivity index (χ0n) is 25.8. The first kappa shape index (κ1) is 32.6. The van der Waals surface area contributed by atoms with Crippen molar-refractivity contribution in [3.8, 4) is 5.75 Å². The molecule has 0 spiro atoms. The van der Waals surface area contributed by atoms with E-state index >= 15 is 0 Å². The van der Waals surface area contributed by atoms with E-state index < -0.39 is 21.9 Å². The topological polar surface area (TPSA) is 109 Å². The van der Waals surface area contributed by atoms with Crippen molar-refractivity contribution in [2.24, 2.45) is 16.2 Å². The fourth-order valence-electron chi connectivity index (χ4n) is 6.62. The molecule has 44 heavy (non-hydrogen) atoms. The molecule has 0 unspecified atom stereocenters. The van der Waals surface area contributed by atoms with E-state index in [4.69, 9.17) is 21.1 Å². The highest BCUT2D eigenvalue weighted by atomic mass is 35.5. The van der Waals surface area contributed by atoms with Crippen molar-refractivity contribution in [1.29, 1.82) is 0 Å². The van der Waals surface area contributed by atoms with E-state index in [2.05, 4.69) is 31.4 Å². The fraction of sp³-hybridized carbons (Fsp3) is 0.576. The minimum absolute atomic E-state index is 0.0963. The van der Waals surface area contributed by atoms with Gasteiger partial charge in [-0.2, -0.15) is 0 Å². The van der Waals surface area contributed by atoms with Crippen LogP contribution in [0.1, 0.15) is 79.8 Å². The Morgan fingerprint density at radius 3 is 2.73 bits per heavy atom. The number of halogens is 1. The number of amides is 3. The van der Waals surface area contributed by atoms with E-state index in [9.17, 15) is 13.8 Å². The van der Waals surface area contributed by atoms with E-state index in [1.165, 1.54) is 11.1 Å². The van der Waals surface area contributed by atoms with Crippen LogP contribution in [0.15, 0.2) is 40.8 Å². The molecule has 2 aromatic carbocycles. The number of methoxy groups -OCH3 is 1. The zero-order chi connectivity index (χ0) is 31.1. The summed E-state index contributed by atoms with van der Waals surface area (Å²) in [6, 6.07) is 10.8. The predicted octanol–water partition coefficient (Wildman–Crippen LogP) is 6.52. The molecule has 2 aliphatic heterocycles. The van der Waals surface area contributed by atoms with Gasteiger partial charge < -0.3 is 19.7 Å². The number of ether oxygens (including phenoxy) is 2. The first-order valence-electron chi connectivity index (χ1n) is 15.9. The normalized spacial score (nSPS) is 26.4. The highest BCUT2D eigenvalue weighted by molar-refractivity contribution is 7.92. The third-order valence-electron chi connectivity index (χ3n) is 9.12. The van der Waals surface area contributed by atoms with E-state index in [0.717, 1.165) is 68.6 Å². The average molecular weight is 645 g/mol. The molecule has 9 nitrogen and oxygen atoms in total. The second kappa shape index (κ2) is 15.0. The van der Waals surface area contributed by atoms with Crippen LogP contribution < -0.4 is 19.7 Å². The highest BCUT2D eigenvalue weighted by Crippen LogP contribution is 2.42. The standard InChI is InChI=1S/C33H45ClN4O5S/c1-3-35-33(40)37-44(41)18-8-4-5-10-30(42-2)28-15-12-26(28)22-38-21-25-11-14-27(34)19-23(25)9-6-7-17-43-31-16-13-24(20-29(31)38)32(39)36-44/h11,13-14,16,19-20,26,28,30H,3-10,12,15,17-18,21-22H2,1-2H3,(H2,35,36,37,39,40,41)/t26-,28+,30-,44-/m0/s1. The van der Waals surface area contributed by atoms with Crippen LogP contribution >= 0.6 is 11.6 Å². The first-order valence-corrected chi connectivity index (χ1v) is 18.0. The van der Waals surface area contributed by atoms with Crippen LogP contribution in [-0.2, 0) is 27.6 Å². The monoisotopic (exact) mass is 644 g/mol. The summed E-state index contributed by atoms with van der Waals surface area (Å²) in [5, 5.41) is 3.33. The molecule has 0 radical (unpaired) electrons. The Kier molecular flexibility index (Phi) is 11.1. The number of hydrogen-bond acceptors (Lipinski definition) is 6. The van der Waals surface area contributed by atoms with Crippen LogP contribution in [0.5, 0.6) is 5.75 Å². The van der Waals surface area contributed by atoms with Crippen LogP contribution in [0.3, 0.4) is 0 Å². The number of anilines is 1. The van der Waals surface area contributed by atoms with E-state index in [-0.39, 0.29) is 11.9 Å². The lowest BCUT2D eigenvalue weighted by atomic mass is 9.69.